The van der Waals surface area contributed by atoms with Crippen LogP contribution in [0.4, 0.5) is 11.5 Å². The van der Waals surface area contributed by atoms with Crippen molar-refractivity contribution in [2.24, 2.45) is 0 Å². The van der Waals surface area contributed by atoms with Crippen LogP contribution < -0.4 is 19.9 Å². The summed E-state index contributed by atoms with van der Waals surface area (Å²) in [5, 5.41) is 10.9. The lowest BCUT2D eigenvalue weighted by molar-refractivity contribution is -0.136. The Bertz CT molecular complexity index is 2180. The van der Waals surface area contributed by atoms with Crippen LogP contribution in [0.2, 0.25) is 0 Å². The Hall–Kier alpha value is -5.45. The van der Waals surface area contributed by atoms with Crippen LogP contribution in [0.15, 0.2) is 48.8 Å². The number of fused-ring (bicyclic) bond motifs is 2. The average molecular weight is 792 g/mol. The Morgan fingerprint density at radius 2 is 1.67 bits per heavy atom. The number of carbonyl (C=O) groups excluding carboxylic acids is 4. The van der Waals surface area contributed by atoms with Crippen LogP contribution in [-0.2, 0) is 9.59 Å². The third-order valence-electron chi connectivity index (χ3n) is 11.8. The Kier molecular flexibility index (Phi) is 11.4. The molecule has 4 aliphatic heterocycles. The zero-order valence-electron chi connectivity index (χ0n) is 33.8. The third kappa shape index (κ3) is 8.26. The summed E-state index contributed by atoms with van der Waals surface area (Å²) in [6, 6.07) is 12.8. The van der Waals surface area contributed by atoms with Crippen molar-refractivity contribution in [2.45, 2.75) is 58.2 Å². The lowest BCUT2D eigenvalue weighted by Gasteiger charge is -2.41. The van der Waals surface area contributed by atoms with E-state index in [1.165, 1.54) is 0 Å². The molecule has 3 saturated heterocycles. The standard InChI is InChI=1S/C42H53N11O5/c1-27(2)58-30-7-9-34-33(23-30)39(47-46-34)35-24-37(44-26-43-35)52-21-20-50(28(3)25-52)17-14-48(4)12-5-13-49-15-18-51(19-16-49)29-6-8-31-32(22-29)42(57)53(41(31)56)36-10-11-38(54)45-40(36)55/h6-9,22-24,26-28,36H,5,10-21,25H2,1-4H3,(H,46,47)(H,45,54,55)/t28-,36?/m0/s1. The number of hydrogen-bond acceptors (Lipinski definition) is 13. The first-order chi connectivity index (χ1) is 28.0. The molecule has 4 aliphatic rings. The molecule has 0 aliphatic carbocycles. The summed E-state index contributed by atoms with van der Waals surface area (Å²) >= 11 is 0. The van der Waals surface area contributed by atoms with Crippen molar-refractivity contribution in [3.63, 3.8) is 0 Å². The molecule has 0 radical (unpaired) electrons. The fourth-order valence-corrected chi connectivity index (χ4v) is 8.58. The molecule has 2 aromatic heterocycles. The normalized spacial score (nSPS) is 20.8. The van der Waals surface area contributed by atoms with Gasteiger partial charge < -0.3 is 19.4 Å². The number of hydrogen-bond donors (Lipinski definition) is 2. The summed E-state index contributed by atoms with van der Waals surface area (Å²) in [6.45, 7) is 16.6. The summed E-state index contributed by atoms with van der Waals surface area (Å²) in [5.74, 6) is -0.208. The van der Waals surface area contributed by atoms with E-state index in [1.54, 1.807) is 18.5 Å². The van der Waals surface area contributed by atoms with Crippen LogP contribution in [0.5, 0.6) is 5.75 Å². The molecule has 4 aromatic rings. The number of piperidine rings is 1. The van der Waals surface area contributed by atoms with Gasteiger partial charge in [0.2, 0.25) is 11.8 Å². The molecule has 6 heterocycles. The zero-order valence-corrected chi connectivity index (χ0v) is 33.8. The number of anilines is 2. The molecule has 4 amide bonds. The Labute approximate surface area is 338 Å². The van der Waals surface area contributed by atoms with Crippen molar-refractivity contribution in [3.05, 3.63) is 59.9 Å². The van der Waals surface area contributed by atoms with E-state index in [0.717, 1.165) is 123 Å². The number of nitrogens with zero attached hydrogens (tertiary/aromatic N) is 9. The summed E-state index contributed by atoms with van der Waals surface area (Å²) in [6.07, 6.45) is 3.05. The van der Waals surface area contributed by atoms with E-state index >= 15 is 0 Å². The summed E-state index contributed by atoms with van der Waals surface area (Å²) in [4.78, 5) is 72.8. The Morgan fingerprint density at radius 1 is 0.879 bits per heavy atom. The van der Waals surface area contributed by atoms with E-state index in [2.05, 4.69) is 64.0 Å². The maximum Gasteiger partial charge on any atom is 0.262 e. The van der Waals surface area contributed by atoms with Crippen molar-refractivity contribution in [2.75, 3.05) is 88.8 Å². The molecular weight excluding hydrogens is 739 g/mol. The van der Waals surface area contributed by atoms with Crippen molar-refractivity contribution >= 4 is 46.0 Å². The molecule has 0 bridgehead atoms. The van der Waals surface area contributed by atoms with Gasteiger partial charge in [-0.05, 0) is 90.1 Å². The van der Waals surface area contributed by atoms with Gasteiger partial charge in [0.15, 0.2) is 0 Å². The Balaban J connectivity index is 0.761. The topological polar surface area (TPSA) is 163 Å². The molecule has 1 unspecified atom stereocenters. The highest BCUT2D eigenvalue weighted by Gasteiger charge is 2.45. The van der Waals surface area contributed by atoms with Crippen molar-refractivity contribution in [1.29, 1.82) is 0 Å². The van der Waals surface area contributed by atoms with Crippen molar-refractivity contribution in [1.82, 2.24) is 45.1 Å². The van der Waals surface area contributed by atoms with Gasteiger partial charge in [-0.1, -0.05) is 0 Å². The van der Waals surface area contributed by atoms with Crippen LogP contribution in [-0.4, -0.2) is 161 Å². The minimum atomic E-state index is -0.961. The summed E-state index contributed by atoms with van der Waals surface area (Å²) in [5.41, 5.74) is 4.04. The van der Waals surface area contributed by atoms with Crippen LogP contribution in [0.3, 0.4) is 0 Å². The molecular formula is C42H53N11O5. The van der Waals surface area contributed by atoms with Gasteiger partial charge in [0.1, 0.15) is 29.6 Å². The van der Waals surface area contributed by atoms with Gasteiger partial charge in [-0.15, -0.1) is 0 Å². The number of imide groups is 2. The maximum absolute atomic E-state index is 13.3. The van der Waals surface area contributed by atoms with Crippen molar-refractivity contribution in [3.8, 4) is 17.1 Å². The lowest BCUT2D eigenvalue weighted by Crippen LogP contribution is -2.54. The number of H-pyrrole nitrogens is 1. The maximum atomic E-state index is 13.3. The van der Waals surface area contributed by atoms with Crippen molar-refractivity contribution < 1.29 is 23.9 Å². The van der Waals surface area contributed by atoms with Gasteiger partial charge in [0.05, 0.1) is 28.4 Å². The highest BCUT2D eigenvalue weighted by Crippen LogP contribution is 2.32. The molecule has 16 heteroatoms. The zero-order chi connectivity index (χ0) is 40.5. The van der Waals surface area contributed by atoms with Crippen LogP contribution >= 0.6 is 0 Å². The summed E-state index contributed by atoms with van der Waals surface area (Å²) in [7, 11) is 2.21. The van der Waals surface area contributed by atoms with Gasteiger partial charge >= 0.3 is 0 Å². The monoisotopic (exact) mass is 791 g/mol. The largest absolute Gasteiger partial charge is 0.491 e. The van der Waals surface area contributed by atoms with E-state index in [9.17, 15) is 19.2 Å². The smallest absolute Gasteiger partial charge is 0.262 e. The highest BCUT2D eigenvalue weighted by molar-refractivity contribution is 6.23. The second-order valence-electron chi connectivity index (χ2n) is 16.2. The van der Waals surface area contributed by atoms with Crippen LogP contribution in [0, 0.1) is 0 Å². The number of likely N-dealkylation sites (N-methyl/N-ethyl adjacent to an activating group) is 1. The van der Waals surface area contributed by atoms with E-state index in [1.807, 2.05) is 44.2 Å². The first-order valence-corrected chi connectivity index (χ1v) is 20.5. The van der Waals surface area contributed by atoms with Gasteiger partial charge in [-0.2, -0.15) is 5.10 Å². The number of nitrogens with one attached hydrogen (secondary N) is 2. The van der Waals surface area contributed by atoms with E-state index in [-0.39, 0.29) is 24.9 Å². The van der Waals surface area contributed by atoms with E-state index < -0.39 is 23.8 Å². The third-order valence-corrected chi connectivity index (χ3v) is 11.8. The average Bonchev–Trinajstić information content (AvgIpc) is 3.74. The molecule has 0 saturated carbocycles. The number of ether oxygens (including phenoxy) is 1. The molecule has 3 fully saturated rings. The number of carbonyl (C=O) groups is 4. The number of aromatic amines is 1. The number of amides is 4. The van der Waals surface area contributed by atoms with Gasteiger partial charge in [0.25, 0.3) is 11.8 Å². The number of benzene rings is 2. The molecule has 58 heavy (non-hydrogen) atoms. The first kappa shape index (κ1) is 39.4. The minimum absolute atomic E-state index is 0.0847. The molecule has 8 rings (SSSR count). The second kappa shape index (κ2) is 16.8. The second-order valence-corrected chi connectivity index (χ2v) is 16.2. The minimum Gasteiger partial charge on any atom is -0.491 e. The molecule has 2 aromatic carbocycles. The Morgan fingerprint density at radius 3 is 2.45 bits per heavy atom. The van der Waals surface area contributed by atoms with Crippen LogP contribution in [0.1, 0.15) is 60.7 Å². The predicted molar refractivity (Wildman–Crippen MR) is 220 cm³/mol. The predicted octanol–water partition coefficient (Wildman–Crippen LogP) is 2.86. The molecule has 306 valence electrons. The number of piperazine rings is 2. The lowest BCUT2D eigenvalue weighted by atomic mass is 10.0. The summed E-state index contributed by atoms with van der Waals surface area (Å²) < 4.78 is 5.93. The number of rotatable bonds is 13. The van der Waals surface area contributed by atoms with Crippen LogP contribution in [0.25, 0.3) is 22.3 Å². The SMILES string of the molecule is CC(C)Oc1ccc2[nH]nc(-c3cc(N4CCN(CCN(C)CCCN5CCN(c6ccc7c(c6)C(=O)N(C6CCC(=O)NC6=O)C7=O)CC5)[C@@H](C)C4)ncn3)c2c1. The highest BCUT2D eigenvalue weighted by atomic mass is 16.5. The quantitative estimate of drug-likeness (QED) is 0.190. The molecule has 0 spiro atoms. The molecule has 2 atom stereocenters. The molecule has 16 nitrogen and oxygen atoms in total. The van der Waals surface area contributed by atoms with Gasteiger partial charge in [0, 0.05) is 88.5 Å². The molecule has 2 N–H and O–H groups in total. The first-order valence-electron chi connectivity index (χ1n) is 20.5. The van der Waals surface area contributed by atoms with E-state index in [4.69, 9.17) is 4.74 Å². The fraction of sp³-hybridized carbons (Fsp3) is 0.500. The fourth-order valence-electron chi connectivity index (χ4n) is 8.58. The van der Waals surface area contributed by atoms with E-state index in [0.29, 0.717) is 17.2 Å². The van der Waals surface area contributed by atoms with Gasteiger partial charge in [-0.3, -0.25) is 44.3 Å². The number of aromatic nitrogens is 4. The van der Waals surface area contributed by atoms with Gasteiger partial charge in [-0.25, -0.2) is 9.97 Å².